The molecule has 1 aromatic rings. The van der Waals surface area contributed by atoms with Crippen LogP contribution in [0.5, 0.6) is 0 Å². The smallest absolute Gasteiger partial charge is 0.228 e. The van der Waals surface area contributed by atoms with E-state index in [4.69, 9.17) is 11.6 Å². The molecule has 1 aliphatic rings. The van der Waals surface area contributed by atoms with Crippen molar-refractivity contribution in [2.24, 2.45) is 5.92 Å². The standard InChI is InChI=1S/C15H20ClN3O2/c1-2-14(20)18-11-5-6-12(16)13(8-11)19-15(21)10-4-3-7-17-9-10/h5-6,8,10,17H,2-4,7,9H2,1H3,(H,18,20)(H,19,21)/t10-/m1/s1. The summed E-state index contributed by atoms with van der Waals surface area (Å²) in [6, 6.07) is 5.07. The van der Waals surface area contributed by atoms with Gasteiger partial charge in [0.25, 0.3) is 0 Å². The Labute approximate surface area is 129 Å². The van der Waals surface area contributed by atoms with Gasteiger partial charge in [-0.15, -0.1) is 0 Å². The van der Waals surface area contributed by atoms with E-state index in [2.05, 4.69) is 16.0 Å². The van der Waals surface area contributed by atoms with Gasteiger partial charge in [-0.05, 0) is 37.6 Å². The fourth-order valence-electron chi connectivity index (χ4n) is 2.26. The summed E-state index contributed by atoms with van der Waals surface area (Å²) in [5.74, 6) is -0.155. The zero-order valence-electron chi connectivity index (χ0n) is 12.0. The molecule has 114 valence electrons. The maximum absolute atomic E-state index is 12.2. The lowest BCUT2D eigenvalue weighted by molar-refractivity contribution is -0.120. The number of hydrogen-bond donors (Lipinski definition) is 3. The maximum atomic E-state index is 12.2. The number of rotatable bonds is 4. The highest BCUT2D eigenvalue weighted by Gasteiger charge is 2.21. The third kappa shape index (κ3) is 4.44. The summed E-state index contributed by atoms with van der Waals surface area (Å²) in [4.78, 5) is 23.6. The van der Waals surface area contributed by atoms with Crippen LogP contribution >= 0.6 is 11.6 Å². The Bertz CT molecular complexity index is 528. The number of nitrogens with one attached hydrogen (secondary N) is 3. The van der Waals surface area contributed by atoms with E-state index in [0.29, 0.717) is 29.4 Å². The lowest BCUT2D eigenvalue weighted by atomic mass is 9.99. The van der Waals surface area contributed by atoms with Crippen molar-refractivity contribution in [3.05, 3.63) is 23.2 Å². The van der Waals surface area contributed by atoms with Crippen molar-refractivity contribution in [3.8, 4) is 0 Å². The van der Waals surface area contributed by atoms with Gasteiger partial charge in [-0.2, -0.15) is 0 Å². The Balaban J connectivity index is 2.05. The number of hydrogen-bond acceptors (Lipinski definition) is 3. The van der Waals surface area contributed by atoms with Crippen molar-refractivity contribution in [2.75, 3.05) is 23.7 Å². The maximum Gasteiger partial charge on any atom is 0.228 e. The quantitative estimate of drug-likeness (QED) is 0.800. The summed E-state index contributed by atoms with van der Waals surface area (Å²) >= 11 is 6.11. The van der Waals surface area contributed by atoms with Crippen LogP contribution < -0.4 is 16.0 Å². The molecule has 0 spiro atoms. The van der Waals surface area contributed by atoms with E-state index >= 15 is 0 Å². The van der Waals surface area contributed by atoms with Gasteiger partial charge in [0.2, 0.25) is 11.8 Å². The SMILES string of the molecule is CCC(=O)Nc1ccc(Cl)c(NC(=O)[C@@H]2CCCNC2)c1. The molecule has 1 aromatic carbocycles. The van der Waals surface area contributed by atoms with E-state index in [1.165, 1.54) is 0 Å². The highest BCUT2D eigenvalue weighted by Crippen LogP contribution is 2.26. The Morgan fingerprint density at radius 2 is 2.19 bits per heavy atom. The molecule has 0 bridgehead atoms. The lowest BCUT2D eigenvalue weighted by Gasteiger charge is -2.22. The molecule has 1 aliphatic heterocycles. The van der Waals surface area contributed by atoms with Crippen LogP contribution in [0.25, 0.3) is 0 Å². The summed E-state index contributed by atoms with van der Waals surface area (Å²) in [5, 5.41) is 9.27. The molecular formula is C15H20ClN3O2. The number of amides is 2. The third-order valence-corrected chi connectivity index (χ3v) is 3.83. The number of carbonyl (C=O) groups is 2. The van der Waals surface area contributed by atoms with E-state index in [0.717, 1.165) is 19.4 Å². The minimum Gasteiger partial charge on any atom is -0.326 e. The van der Waals surface area contributed by atoms with Gasteiger partial charge >= 0.3 is 0 Å². The molecular weight excluding hydrogens is 290 g/mol. The Hall–Kier alpha value is -1.59. The van der Waals surface area contributed by atoms with Crippen molar-refractivity contribution < 1.29 is 9.59 Å². The van der Waals surface area contributed by atoms with Crippen LogP contribution in [0.2, 0.25) is 5.02 Å². The van der Waals surface area contributed by atoms with Gasteiger partial charge in [0.15, 0.2) is 0 Å². The van der Waals surface area contributed by atoms with Crippen molar-refractivity contribution >= 4 is 34.8 Å². The van der Waals surface area contributed by atoms with Crippen molar-refractivity contribution in [2.45, 2.75) is 26.2 Å². The molecule has 3 N–H and O–H groups in total. The second-order valence-electron chi connectivity index (χ2n) is 5.13. The second-order valence-corrected chi connectivity index (χ2v) is 5.54. The molecule has 21 heavy (non-hydrogen) atoms. The first kappa shape index (κ1) is 15.8. The van der Waals surface area contributed by atoms with Gasteiger partial charge in [0.05, 0.1) is 16.6 Å². The molecule has 5 nitrogen and oxygen atoms in total. The minimum atomic E-state index is -0.0777. The third-order valence-electron chi connectivity index (χ3n) is 3.50. The average Bonchev–Trinajstić information content (AvgIpc) is 2.51. The Morgan fingerprint density at radius 3 is 2.86 bits per heavy atom. The minimum absolute atomic E-state index is 0.0382. The Morgan fingerprint density at radius 1 is 1.38 bits per heavy atom. The molecule has 1 heterocycles. The predicted octanol–water partition coefficient (Wildman–Crippen LogP) is 2.63. The first-order valence-corrected chi connectivity index (χ1v) is 7.59. The monoisotopic (exact) mass is 309 g/mol. The van der Waals surface area contributed by atoms with E-state index in [9.17, 15) is 9.59 Å². The van der Waals surface area contributed by atoms with Crippen molar-refractivity contribution in [1.82, 2.24) is 5.32 Å². The number of piperidine rings is 1. The first-order chi connectivity index (χ1) is 10.1. The van der Waals surface area contributed by atoms with E-state index in [-0.39, 0.29) is 17.7 Å². The summed E-state index contributed by atoms with van der Waals surface area (Å²) in [6.07, 6.45) is 2.28. The zero-order chi connectivity index (χ0) is 15.2. The van der Waals surface area contributed by atoms with E-state index in [1.807, 2.05) is 0 Å². The molecule has 0 aliphatic carbocycles. The summed E-state index contributed by atoms with van der Waals surface area (Å²) in [7, 11) is 0. The predicted molar refractivity (Wildman–Crippen MR) is 84.6 cm³/mol. The topological polar surface area (TPSA) is 70.2 Å². The Kier molecular flexibility index (Phi) is 5.59. The number of carbonyl (C=O) groups excluding carboxylic acids is 2. The van der Waals surface area contributed by atoms with Crippen molar-refractivity contribution in [1.29, 1.82) is 0 Å². The summed E-state index contributed by atoms with van der Waals surface area (Å²) < 4.78 is 0. The van der Waals surface area contributed by atoms with Gasteiger partial charge in [0.1, 0.15) is 0 Å². The lowest BCUT2D eigenvalue weighted by Crippen LogP contribution is -2.37. The summed E-state index contributed by atoms with van der Waals surface area (Å²) in [5.41, 5.74) is 1.16. The summed E-state index contributed by atoms with van der Waals surface area (Å²) in [6.45, 7) is 3.43. The highest BCUT2D eigenvalue weighted by molar-refractivity contribution is 6.33. The molecule has 6 heteroatoms. The molecule has 2 rings (SSSR count). The fraction of sp³-hybridized carbons (Fsp3) is 0.467. The van der Waals surface area contributed by atoms with E-state index in [1.54, 1.807) is 25.1 Å². The molecule has 1 atom stereocenters. The van der Waals surface area contributed by atoms with Crippen molar-refractivity contribution in [3.63, 3.8) is 0 Å². The molecule has 0 saturated carbocycles. The zero-order valence-corrected chi connectivity index (χ0v) is 12.8. The van der Waals surface area contributed by atoms with Crippen LogP contribution in [0.1, 0.15) is 26.2 Å². The van der Waals surface area contributed by atoms with Crippen LogP contribution in [0.15, 0.2) is 18.2 Å². The van der Waals surface area contributed by atoms with Gasteiger partial charge in [-0.1, -0.05) is 18.5 Å². The highest BCUT2D eigenvalue weighted by atomic mass is 35.5. The molecule has 0 unspecified atom stereocenters. The largest absolute Gasteiger partial charge is 0.326 e. The molecule has 1 fully saturated rings. The number of halogens is 1. The van der Waals surface area contributed by atoms with Crippen LogP contribution in [-0.2, 0) is 9.59 Å². The number of anilines is 2. The van der Waals surface area contributed by atoms with Crippen LogP contribution in [0.3, 0.4) is 0 Å². The van der Waals surface area contributed by atoms with Gasteiger partial charge < -0.3 is 16.0 Å². The number of benzene rings is 1. The van der Waals surface area contributed by atoms with Crippen LogP contribution in [0, 0.1) is 5.92 Å². The normalized spacial score (nSPS) is 18.1. The molecule has 1 saturated heterocycles. The fourth-order valence-corrected chi connectivity index (χ4v) is 2.42. The van der Waals surface area contributed by atoms with E-state index < -0.39 is 0 Å². The van der Waals surface area contributed by atoms with Crippen LogP contribution in [0.4, 0.5) is 11.4 Å². The second kappa shape index (κ2) is 7.43. The molecule has 0 radical (unpaired) electrons. The average molecular weight is 310 g/mol. The molecule has 2 amide bonds. The first-order valence-electron chi connectivity index (χ1n) is 7.21. The van der Waals surface area contributed by atoms with Gasteiger partial charge in [-0.3, -0.25) is 9.59 Å². The molecule has 0 aromatic heterocycles. The van der Waals surface area contributed by atoms with Gasteiger partial charge in [-0.25, -0.2) is 0 Å². The van der Waals surface area contributed by atoms with Crippen LogP contribution in [-0.4, -0.2) is 24.9 Å². The van der Waals surface area contributed by atoms with Gasteiger partial charge in [0, 0.05) is 18.7 Å².